The second kappa shape index (κ2) is 3.31. The van der Waals surface area contributed by atoms with Crippen LogP contribution in [0.25, 0.3) is 0 Å². The van der Waals surface area contributed by atoms with Crippen LogP contribution >= 0.6 is 15.9 Å². The lowest BCUT2D eigenvalue weighted by atomic mass is 9.89. The van der Waals surface area contributed by atoms with Gasteiger partial charge in [0.05, 0.1) is 4.47 Å². The predicted octanol–water partition coefficient (Wildman–Crippen LogP) is 2.97. The fourth-order valence-electron chi connectivity index (χ4n) is 1.99. The van der Waals surface area contributed by atoms with Crippen LogP contribution in [0.1, 0.15) is 25.3 Å². The fraction of sp³-hybridized carbons (Fsp3) is 0.455. The Morgan fingerprint density at radius 3 is 2.64 bits per heavy atom. The van der Waals surface area contributed by atoms with E-state index in [0.29, 0.717) is 4.47 Å². The molecule has 1 nitrogen and oxygen atoms in total. The highest BCUT2D eigenvalue weighted by atomic mass is 79.9. The SMILES string of the molecule is CC(N)C1(c2cccc(Br)c2F)CC1. The topological polar surface area (TPSA) is 26.0 Å². The highest BCUT2D eigenvalue weighted by Crippen LogP contribution is 2.51. The molecule has 2 N–H and O–H groups in total. The second-order valence-electron chi connectivity index (χ2n) is 4.05. The number of hydrogen-bond donors (Lipinski definition) is 1. The number of rotatable bonds is 2. The maximum atomic E-state index is 13.8. The lowest BCUT2D eigenvalue weighted by Gasteiger charge is -2.20. The van der Waals surface area contributed by atoms with E-state index in [-0.39, 0.29) is 17.3 Å². The minimum absolute atomic E-state index is 0.0197. The maximum Gasteiger partial charge on any atom is 0.141 e. The minimum Gasteiger partial charge on any atom is -0.327 e. The highest BCUT2D eigenvalue weighted by molar-refractivity contribution is 9.10. The Kier molecular flexibility index (Phi) is 2.40. The minimum atomic E-state index is -0.151. The van der Waals surface area contributed by atoms with Crippen molar-refractivity contribution in [3.8, 4) is 0 Å². The lowest BCUT2D eigenvalue weighted by Crippen LogP contribution is -2.32. The van der Waals surface area contributed by atoms with E-state index in [9.17, 15) is 4.39 Å². The Labute approximate surface area is 91.6 Å². The smallest absolute Gasteiger partial charge is 0.141 e. The third kappa shape index (κ3) is 1.39. The summed E-state index contributed by atoms with van der Waals surface area (Å²) in [5.74, 6) is -0.151. The van der Waals surface area contributed by atoms with Gasteiger partial charge in [0, 0.05) is 11.5 Å². The van der Waals surface area contributed by atoms with Gasteiger partial charge in [-0.25, -0.2) is 4.39 Å². The summed E-state index contributed by atoms with van der Waals surface area (Å²) in [6.07, 6.45) is 2.00. The van der Waals surface area contributed by atoms with Gasteiger partial charge in [-0.3, -0.25) is 0 Å². The van der Waals surface area contributed by atoms with Crippen LogP contribution in [-0.2, 0) is 5.41 Å². The zero-order valence-corrected chi connectivity index (χ0v) is 9.64. The van der Waals surface area contributed by atoms with E-state index in [2.05, 4.69) is 15.9 Å². The largest absolute Gasteiger partial charge is 0.327 e. The first-order valence-electron chi connectivity index (χ1n) is 4.78. The van der Waals surface area contributed by atoms with Gasteiger partial charge in [-0.05, 0) is 47.3 Å². The van der Waals surface area contributed by atoms with Crippen LogP contribution in [0.5, 0.6) is 0 Å². The highest BCUT2D eigenvalue weighted by Gasteiger charge is 2.49. The number of halogens is 2. The molecule has 76 valence electrons. The molecule has 0 aromatic heterocycles. The average molecular weight is 258 g/mol. The monoisotopic (exact) mass is 257 g/mol. The molecule has 1 aliphatic rings. The molecule has 0 saturated heterocycles. The van der Waals surface area contributed by atoms with Crippen molar-refractivity contribution in [3.63, 3.8) is 0 Å². The van der Waals surface area contributed by atoms with Gasteiger partial charge in [0.1, 0.15) is 5.82 Å². The van der Waals surface area contributed by atoms with E-state index in [1.54, 1.807) is 6.07 Å². The van der Waals surface area contributed by atoms with Crippen molar-refractivity contribution in [1.82, 2.24) is 0 Å². The van der Waals surface area contributed by atoms with Crippen LogP contribution in [0, 0.1) is 5.82 Å². The van der Waals surface area contributed by atoms with Crippen molar-refractivity contribution >= 4 is 15.9 Å². The summed E-state index contributed by atoms with van der Waals surface area (Å²) in [7, 11) is 0. The van der Waals surface area contributed by atoms with E-state index >= 15 is 0 Å². The second-order valence-corrected chi connectivity index (χ2v) is 4.90. The standard InChI is InChI=1S/C11H13BrFN/c1-7(14)11(5-6-11)8-3-2-4-9(12)10(8)13/h2-4,7H,5-6,14H2,1H3. The van der Waals surface area contributed by atoms with E-state index in [0.717, 1.165) is 18.4 Å². The molecule has 14 heavy (non-hydrogen) atoms. The van der Waals surface area contributed by atoms with Gasteiger partial charge in [0.15, 0.2) is 0 Å². The van der Waals surface area contributed by atoms with Gasteiger partial charge < -0.3 is 5.73 Å². The molecular formula is C11H13BrFN. The molecule has 0 spiro atoms. The number of benzene rings is 1. The van der Waals surface area contributed by atoms with Crippen molar-refractivity contribution in [3.05, 3.63) is 34.1 Å². The Bertz CT molecular complexity index is 358. The van der Waals surface area contributed by atoms with Crippen molar-refractivity contribution in [2.45, 2.75) is 31.2 Å². The lowest BCUT2D eigenvalue weighted by molar-refractivity contribution is 0.509. The first-order chi connectivity index (χ1) is 6.58. The quantitative estimate of drug-likeness (QED) is 0.867. The summed E-state index contributed by atoms with van der Waals surface area (Å²) in [6, 6.07) is 5.45. The van der Waals surface area contributed by atoms with Crippen LogP contribution in [0.4, 0.5) is 4.39 Å². The van der Waals surface area contributed by atoms with Gasteiger partial charge in [0.2, 0.25) is 0 Å². The molecule has 0 radical (unpaired) electrons. The van der Waals surface area contributed by atoms with E-state index in [1.165, 1.54) is 0 Å². The fourth-order valence-corrected chi connectivity index (χ4v) is 2.36. The van der Waals surface area contributed by atoms with E-state index < -0.39 is 0 Å². The van der Waals surface area contributed by atoms with Crippen LogP contribution in [-0.4, -0.2) is 6.04 Å². The summed E-state index contributed by atoms with van der Waals surface area (Å²) < 4.78 is 14.3. The van der Waals surface area contributed by atoms with Crippen LogP contribution in [0.3, 0.4) is 0 Å². The Hall–Kier alpha value is -0.410. The molecule has 1 saturated carbocycles. The maximum absolute atomic E-state index is 13.8. The molecule has 1 atom stereocenters. The summed E-state index contributed by atoms with van der Waals surface area (Å²) in [4.78, 5) is 0. The van der Waals surface area contributed by atoms with E-state index in [4.69, 9.17) is 5.73 Å². The van der Waals surface area contributed by atoms with Crippen LogP contribution in [0.15, 0.2) is 22.7 Å². The van der Waals surface area contributed by atoms with Crippen molar-refractivity contribution in [2.24, 2.45) is 5.73 Å². The van der Waals surface area contributed by atoms with Gasteiger partial charge in [-0.15, -0.1) is 0 Å². The molecule has 0 aliphatic heterocycles. The van der Waals surface area contributed by atoms with Gasteiger partial charge in [-0.2, -0.15) is 0 Å². The van der Waals surface area contributed by atoms with Crippen molar-refractivity contribution < 1.29 is 4.39 Å². The molecule has 1 aromatic carbocycles. The van der Waals surface area contributed by atoms with Gasteiger partial charge in [-0.1, -0.05) is 12.1 Å². The average Bonchev–Trinajstić information content (AvgIpc) is 2.90. The first kappa shape index (κ1) is 10.1. The van der Waals surface area contributed by atoms with Crippen LogP contribution in [0.2, 0.25) is 0 Å². The van der Waals surface area contributed by atoms with Crippen molar-refractivity contribution in [1.29, 1.82) is 0 Å². The number of hydrogen-bond acceptors (Lipinski definition) is 1. The molecule has 1 unspecified atom stereocenters. The molecular weight excluding hydrogens is 245 g/mol. The zero-order chi connectivity index (χ0) is 10.3. The molecule has 1 aliphatic carbocycles. The molecule has 2 rings (SSSR count). The summed E-state index contributed by atoms with van der Waals surface area (Å²) >= 11 is 3.20. The first-order valence-corrected chi connectivity index (χ1v) is 5.57. The Morgan fingerprint density at radius 2 is 2.14 bits per heavy atom. The van der Waals surface area contributed by atoms with Gasteiger partial charge >= 0.3 is 0 Å². The molecule has 1 aromatic rings. The number of nitrogens with two attached hydrogens (primary N) is 1. The van der Waals surface area contributed by atoms with Crippen LogP contribution < -0.4 is 5.73 Å². The van der Waals surface area contributed by atoms with Gasteiger partial charge in [0.25, 0.3) is 0 Å². The third-order valence-electron chi connectivity index (χ3n) is 3.15. The molecule has 0 amide bonds. The Morgan fingerprint density at radius 1 is 1.50 bits per heavy atom. The predicted molar refractivity (Wildman–Crippen MR) is 58.7 cm³/mol. The molecule has 1 fully saturated rings. The normalized spacial score (nSPS) is 20.6. The molecule has 0 bridgehead atoms. The summed E-state index contributed by atoms with van der Waals surface area (Å²) in [5, 5.41) is 0. The summed E-state index contributed by atoms with van der Waals surface area (Å²) in [6.45, 7) is 1.95. The third-order valence-corrected chi connectivity index (χ3v) is 3.76. The van der Waals surface area contributed by atoms with E-state index in [1.807, 2.05) is 19.1 Å². The zero-order valence-electron chi connectivity index (χ0n) is 8.06. The summed E-state index contributed by atoms with van der Waals surface area (Å²) in [5.41, 5.74) is 6.56. The molecule has 3 heteroatoms. The molecule has 0 heterocycles. The Balaban J connectivity index is 2.47. The van der Waals surface area contributed by atoms with Crippen molar-refractivity contribution in [2.75, 3.05) is 0 Å².